The van der Waals surface area contributed by atoms with Gasteiger partial charge in [0.15, 0.2) is 0 Å². The van der Waals surface area contributed by atoms with Gasteiger partial charge in [0.1, 0.15) is 17.2 Å². The summed E-state index contributed by atoms with van der Waals surface area (Å²) >= 11 is 0. The number of carbonyl (C=O) groups excluding carboxylic acids is 1. The van der Waals surface area contributed by atoms with Crippen LogP contribution in [0.25, 0.3) is 0 Å². The highest BCUT2D eigenvalue weighted by Gasteiger charge is 2.19. The van der Waals surface area contributed by atoms with Crippen molar-refractivity contribution >= 4 is 21.6 Å². The van der Waals surface area contributed by atoms with Crippen molar-refractivity contribution in [1.82, 2.24) is 5.32 Å². The number of sulfonamides is 1. The third-order valence-electron chi connectivity index (χ3n) is 4.79. The van der Waals surface area contributed by atoms with E-state index in [1.807, 2.05) is 13.0 Å². The van der Waals surface area contributed by atoms with Crippen LogP contribution in [-0.2, 0) is 14.8 Å². The van der Waals surface area contributed by atoms with E-state index in [4.69, 9.17) is 14.2 Å². The number of methoxy groups -OCH3 is 3. The predicted molar refractivity (Wildman–Crippen MR) is 121 cm³/mol. The van der Waals surface area contributed by atoms with Crippen LogP contribution in [0.5, 0.6) is 17.2 Å². The summed E-state index contributed by atoms with van der Waals surface area (Å²) in [5.41, 5.74) is 1.29. The first-order chi connectivity index (χ1) is 14.7. The molecule has 0 unspecified atom stereocenters. The molecule has 1 amide bonds. The fraction of sp³-hybridized carbons (Fsp3) is 0.409. The van der Waals surface area contributed by atoms with Crippen molar-refractivity contribution < 1.29 is 27.4 Å². The topological polar surface area (TPSA) is 94.2 Å². The number of carbonyl (C=O) groups is 1. The number of amides is 1. The van der Waals surface area contributed by atoms with Crippen molar-refractivity contribution in [3.05, 3.63) is 48.0 Å². The van der Waals surface area contributed by atoms with E-state index in [1.54, 1.807) is 50.6 Å². The van der Waals surface area contributed by atoms with Crippen molar-refractivity contribution in [3.63, 3.8) is 0 Å². The SMILES string of the molecule is COc1cccc(N(CCCC(=O)N[C@@H](C)c2cc(OC)ccc2OC)S(C)(=O)=O)c1. The molecule has 0 aliphatic rings. The quantitative estimate of drug-likeness (QED) is 0.565. The Morgan fingerprint density at radius 1 is 1.03 bits per heavy atom. The van der Waals surface area contributed by atoms with Gasteiger partial charge in [0.05, 0.1) is 39.3 Å². The van der Waals surface area contributed by atoms with Crippen molar-refractivity contribution in [3.8, 4) is 17.2 Å². The zero-order valence-electron chi connectivity index (χ0n) is 18.5. The summed E-state index contributed by atoms with van der Waals surface area (Å²) in [4.78, 5) is 12.5. The summed E-state index contributed by atoms with van der Waals surface area (Å²) in [6.07, 6.45) is 1.67. The van der Waals surface area contributed by atoms with Crippen LogP contribution in [0.3, 0.4) is 0 Å². The molecule has 9 heteroatoms. The van der Waals surface area contributed by atoms with E-state index >= 15 is 0 Å². The molecule has 170 valence electrons. The van der Waals surface area contributed by atoms with E-state index < -0.39 is 10.0 Å². The molecule has 2 aromatic rings. The van der Waals surface area contributed by atoms with Gasteiger partial charge in [0.25, 0.3) is 0 Å². The fourth-order valence-corrected chi connectivity index (χ4v) is 4.16. The lowest BCUT2D eigenvalue weighted by atomic mass is 10.1. The lowest BCUT2D eigenvalue weighted by molar-refractivity contribution is -0.121. The first-order valence-corrected chi connectivity index (χ1v) is 11.7. The van der Waals surface area contributed by atoms with E-state index in [1.165, 1.54) is 11.4 Å². The summed E-state index contributed by atoms with van der Waals surface area (Å²) < 4.78 is 41.6. The molecule has 0 aromatic heterocycles. The Kier molecular flexibility index (Phi) is 8.56. The van der Waals surface area contributed by atoms with E-state index in [9.17, 15) is 13.2 Å². The van der Waals surface area contributed by atoms with Gasteiger partial charge in [-0.3, -0.25) is 9.10 Å². The standard InChI is InChI=1S/C22H30N2O6S/c1-16(20-15-19(29-3)11-12-21(20)30-4)23-22(25)10-7-13-24(31(5,26)27)17-8-6-9-18(14-17)28-2/h6,8-9,11-12,14-16H,7,10,13H2,1-5H3,(H,23,25)/t16-/m0/s1. The van der Waals surface area contributed by atoms with Crippen molar-refractivity contribution in [2.24, 2.45) is 0 Å². The number of hydrogen-bond acceptors (Lipinski definition) is 6. The molecule has 2 aromatic carbocycles. The minimum absolute atomic E-state index is 0.173. The number of nitrogens with zero attached hydrogens (tertiary/aromatic N) is 1. The van der Waals surface area contributed by atoms with Gasteiger partial charge in [-0.2, -0.15) is 0 Å². The molecular weight excluding hydrogens is 420 g/mol. The second-order valence-electron chi connectivity index (χ2n) is 7.04. The summed E-state index contributed by atoms with van der Waals surface area (Å²) in [5.74, 6) is 1.69. The van der Waals surface area contributed by atoms with E-state index in [0.717, 1.165) is 11.8 Å². The molecule has 0 spiro atoms. The molecule has 0 radical (unpaired) electrons. The average molecular weight is 451 g/mol. The summed E-state index contributed by atoms with van der Waals surface area (Å²) in [7, 11) is 1.15. The number of rotatable bonds is 11. The Morgan fingerprint density at radius 2 is 1.71 bits per heavy atom. The van der Waals surface area contributed by atoms with Crippen LogP contribution in [0.15, 0.2) is 42.5 Å². The average Bonchev–Trinajstić information content (AvgIpc) is 2.75. The third kappa shape index (κ3) is 6.78. The summed E-state index contributed by atoms with van der Waals surface area (Å²) in [6.45, 7) is 2.03. The highest BCUT2D eigenvalue weighted by atomic mass is 32.2. The molecule has 0 heterocycles. The monoisotopic (exact) mass is 450 g/mol. The maximum Gasteiger partial charge on any atom is 0.232 e. The van der Waals surface area contributed by atoms with E-state index in [-0.39, 0.29) is 24.9 Å². The Balaban J connectivity index is 2.01. The number of anilines is 1. The Labute approximate surface area is 184 Å². The zero-order valence-corrected chi connectivity index (χ0v) is 19.4. The van der Waals surface area contributed by atoms with E-state index in [0.29, 0.717) is 29.4 Å². The molecule has 1 atom stereocenters. The molecule has 0 fully saturated rings. The fourth-order valence-electron chi connectivity index (χ4n) is 3.20. The smallest absolute Gasteiger partial charge is 0.232 e. The van der Waals surface area contributed by atoms with Crippen LogP contribution in [-0.4, -0.2) is 48.5 Å². The van der Waals surface area contributed by atoms with Crippen LogP contribution in [0.2, 0.25) is 0 Å². The van der Waals surface area contributed by atoms with Gasteiger partial charge < -0.3 is 19.5 Å². The Morgan fingerprint density at radius 3 is 2.32 bits per heavy atom. The molecule has 0 aliphatic carbocycles. The second-order valence-corrected chi connectivity index (χ2v) is 8.94. The van der Waals surface area contributed by atoms with Crippen LogP contribution < -0.4 is 23.8 Å². The summed E-state index contributed by atoms with van der Waals surface area (Å²) in [5, 5.41) is 2.93. The van der Waals surface area contributed by atoms with Crippen LogP contribution in [0, 0.1) is 0 Å². The molecule has 0 saturated carbocycles. The predicted octanol–water partition coefficient (Wildman–Crippen LogP) is 3.14. The molecule has 8 nitrogen and oxygen atoms in total. The Bertz CT molecular complexity index is 993. The van der Waals surface area contributed by atoms with Gasteiger partial charge in [-0.15, -0.1) is 0 Å². The van der Waals surface area contributed by atoms with Crippen LogP contribution >= 0.6 is 0 Å². The maximum atomic E-state index is 12.5. The molecule has 1 N–H and O–H groups in total. The minimum Gasteiger partial charge on any atom is -0.497 e. The largest absolute Gasteiger partial charge is 0.497 e. The lowest BCUT2D eigenvalue weighted by Crippen LogP contribution is -2.32. The van der Waals surface area contributed by atoms with E-state index in [2.05, 4.69) is 5.32 Å². The number of hydrogen-bond donors (Lipinski definition) is 1. The number of nitrogens with one attached hydrogen (secondary N) is 1. The lowest BCUT2D eigenvalue weighted by Gasteiger charge is -2.23. The molecule has 31 heavy (non-hydrogen) atoms. The molecular formula is C22H30N2O6S. The van der Waals surface area contributed by atoms with Crippen LogP contribution in [0.1, 0.15) is 31.4 Å². The number of ether oxygens (including phenoxy) is 3. The Hall–Kier alpha value is -2.94. The molecule has 0 bridgehead atoms. The van der Waals surface area contributed by atoms with Gasteiger partial charge in [0, 0.05) is 24.6 Å². The van der Waals surface area contributed by atoms with Gasteiger partial charge >= 0.3 is 0 Å². The van der Waals surface area contributed by atoms with Gasteiger partial charge in [-0.05, 0) is 43.7 Å². The highest BCUT2D eigenvalue weighted by Crippen LogP contribution is 2.29. The molecule has 2 rings (SSSR count). The molecule has 0 saturated heterocycles. The van der Waals surface area contributed by atoms with Crippen LogP contribution in [0.4, 0.5) is 5.69 Å². The first-order valence-electron chi connectivity index (χ1n) is 9.82. The van der Waals surface area contributed by atoms with Gasteiger partial charge in [-0.25, -0.2) is 8.42 Å². The first kappa shape index (κ1) is 24.3. The normalized spacial score (nSPS) is 12.0. The maximum absolute atomic E-state index is 12.5. The van der Waals surface area contributed by atoms with Gasteiger partial charge in [0.2, 0.25) is 15.9 Å². The van der Waals surface area contributed by atoms with Crippen molar-refractivity contribution in [1.29, 1.82) is 0 Å². The molecule has 0 aliphatic heterocycles. The number of benzene rings is 2. The highest BCUT2D eigenvalue weighted by molar-refractivity contribution is 7.92. The van der Waals surface area contributed by atoms with Gasteiger partial charge in [-0.1, -0.05) is 6.07 Å². The van der Waals surface area contributed by atoms with Crippen molar-refractivity contribution in [2.45, 2.75) is 25.8 Å². The van der Waals surface area contributed by atoms with Crippen molar-refractivity contribution in [2.75, 3.05) is 38.4 Å². The second kappa shape index (κ2) is 10.9. The minimum atomic E-state index is -3.51. The zero-order chi connectivity index (χ0) is 23.0. The third-order valence-corrected chi connectivity index (χ3v) is 5.98. The summed E-state index contributed by atoms with van der Waals surface area (Å²) in [6, 6.07) is 11.9.